The van der Waals surface area contributed by atoms with Gasteiger partial charge in [-0.1, -0.05) is 24.6 Å². The van der Waals surface area contributed by atoms with E-state index in [1.54, 1.807) is 22.7 Å². The fraction of sp³-hybridized carbons (Fsp3) is 0.304. The topological polar surface area (TPSA) is 50.7 Å². The van der Waals surface area contributed by atoms with Gasteiger partial charge in [0.15, 0.2) is 0 Å². The van der Waals surface area contributed by atoms with Gasteiger partial charge in [-0.2, -0.15) is 0 Å². The number of thiophene rings is 2. The fourth-order valence-corrected chi connectivity index (χ4v) is 5.39. The summed E-state index contributed by atoms with van der Waals surface area (Å²) in [4.78, 5) is 20.5. The molecular weight excluding hydrogens is 400 g/mol. The second-order valence-electron chi connectivity index (χ2n) is 6.90. The number of amides is 1. The Balaban J connectivity index is 1.69. The monoisotopic (exact) mass is 424 g/mol. The van der Waals surface area contributed by atoms with Gasteiger partial charge >= 0.3 is 0 Å². The summed E-state index contributed by atoms with van der Waals surface area (Å²) in [6, 6.07) is 11.6. The Kier molecular flexibility index (Phi) is 6.42. The molecule has 1 aromatic carbocycles. The molecule has 0 bridgehead atoms. The lowest BCUT2D eigenvalue weighted by Gasteiger charge is -2.12. The molecule has 0 saturated heterocycles. The van der Waals surface area contributed by atoms with E-state index >= 15 is 0 Å². The second-order valence-corrected chi connectivity index (χ2v) is 8.96. The first kappa shape index (κ1) is 19.9. The van der Waals surface area contributed by atoms with Crippen molar-refractivity contribution >= 4 is 45.5 Å². The Morgan fingerprint density at radius 3 is 2.86 bits per heavy atom. The van der Waals surface area contributed by atoms with Crippen molar-refractivity contribution in [3.8, 4) is 5.75 Å². The number of anilines is 1. The third-order valence-electron chi connectivity index (χ3n) is 4.92. The van der Waals surface area contributed by atoms with Crippen LogP contribution in [0.4, 0.5) is 10.7 Å². The molecule has 6 heteroatoms. The van der Waals surface area contributed by atoms with E-state index in [1.807, 2.05) is 54.9 Å². The summed E-state index contributed by atoms with van der Waals surface area (Å²) < 4.78 is 5.67. The van der Waals surface area contributed by atoms with Crippen molar-refractivity contribution in [2.24, 2.45) is 4.99 Å². The maximum Gasteiger partial charge on any atom is 0.259 e. The summed E-state index contributed by atoms with van der Waals surface area (Å²) in [5.41, 5.74) is 2.60. The van der Waals surface area contributed by atoms with E-state index in [1.165, 1.54) is 23.3 Å². The molecule has 150 valence electrons. The first-order valence-electron chi connectivity index (χ1n) is 10.0. The van der Waals surface area contributed by atoms with Crippen LogP contribution in [-0.4, -0.2) is 18.7 Å². The van der Waals surface area contributed by atoms with Gasteiger partial charge in [-0.3, -0.25) is 4.79 Å². The Morgan fingerprint density at radius 1 is 1.17 bits per heavy atom. The number of aryl methyl sites for hydroxylation is 1. The molecule has 0 atom stereocenters. The number of carbonyl (C=O) groups is 1. The zero-order valence-electron chi connectivity index (χ0n) is 16.4. The molecule has 1 N–H and O–H groups in total. The Hall–Kier alpha value is -2.44. The normalized spacial score (nSPS) is 13.8. The molecule has 2 heterocycles. The minimum absolute atomic E-state index is 0.102. The van der Waals surface area contributed by atoms with Crippen LogP contribution in [0.25, 0.3) is 0 Å². The predicted molar refractivity (Wildman–Crippen MR) is 123 cm³/mol. The Labute approximate surface area is 179 Å². The third-order valence-corrected chi connectivity index (χ3v) is 6.92. The van der Waals surface area contributed by atoms with Gasteiger partial charge < -0.3 is 10.1 Å². The first-order chi connectivity index (χ1) is 14.3. The van der Waals surface area contributed by atoms with Gasteiger partial charge in [-0.25, -0.2) is 4.99 Å². The molecule has 4 nitrogen and oxygen atoms in total. The summed E-state index contributed by atoms with van der Waals surface area (Å²) in [7, 11) is 0. The van der Waals surface area contributed by atoms with Gasteiger partial charge in [0.2, 0.25) is 0 Å². The number of fused-ring (bicyclic) bond motifs is 1. The van der Waals surface area contributed by atoms with Crippen LogP contribution in [0.5, 0.6) is 5.75 Å². The number of benzene rings is 1. The molecule has 1 aliphatic rings. The molecule has 1 aliphatic carbocycles. The summed E-state index contributed by atoms with van der Waals surface area (Å²) in [5.74, 6) is 0.586. The summed E-state index contributed by atoms with van der Waals surface area (Å²) in [6.45, 7) is 2.49. The van der Waals surface area contributed by atoms with Crippen molar-refractivity contribution in [2.75, 3.05) is 11.9 Å². The molecule has 0 saturated carbocycles. The number of nitrogens with zero attached hydrogens (tertiary/aromatic N) is 1. The Morgan fingerprint density at radius 2 is 2.03 bits per heavy atom. The molecule has 0 radical (unpaired) electrons. The predicted octanol–water partition coefficient (Wildman–Crippen LogP) is 6.48. The lowest BCUT2D eigenvalue weighted by molar-refractivity contribution is 0.102. The van der Waals surface area contributed by atoms with E-state index in [4.69, 9.17) is 9.73 Å². The summed E-state index contributed by atoms with van der Waals surface area (Å²) in [6.07, 6.45) is 7.34. The van der Waals surface area contributed by atoms with Gasteiger partial charge in [0.05, 0.1) is 17.9 Å². The quantitative estimate of drug-likeness (QED) is 0.364. The lowest BCUT2D eigenvalue weighted by Crippen LogP contribution is -2.14. The average molecular weight is 425 g/mol. The van der Waals surface area contributed by atoms with Gasteiger partial charge in [-0.05, 0) is 61.7 Å². The molecule has 0 unspecified atom stereocenters. The summed E-state index contributed by atoms with van der Waals surface area (Å²) in [5, 5.41) is 5.91. The van der Waals surface area contributed by atoms with Crippen LogP contribution in [0, 0.1) is 0 Å². The van der Waals surface area contributed by atoms with Crippen molar-refractivity contribution in [1.82, 2.24) is 0 Å². The van der Waals surface area contributed by atoms with Gasteiger partial charge in [-0.15, -0.1) is 22.7 Å². The number of para-hydroxylation sites is 2. The van der Waals surface area contributed by atoms with E-state index in [0.29, 0.717) is 18.0 Å². The number of carbonyl (C=O) groups excluding carboxylic acids is 1. The number of hydrogen-bond donors (Lipinski definition) is 1. The van der Waals surface area contributed by atoms with Crippen LogP contribution < -0.4 is 10.1 Å². The highest BCUT2D eigenvalue weighted by Gasteiger charge is 2.25. The van der Waals surface area contributed by atoms with Crippen LogP contribution in [-0.2, 0) is 12.8 Å². The smallest absolute Gasteiger partial charge is 0.259 e. The largest absolute Gasteiger partial charge is 0.492 e. The molecule has 29 heavy (non-hydrogen) atoms. The third kappa shape index (κ3) is 4.60. The van der Waals surface area contributed by atoms with Crippen LogP contribution in [0.2, 0.25) is 0 Å². The number of nitrogens with one attached hydrogen (secondary N) is 1. The highest BCUT2D eigenvalue weighted by molar-refractivity contribution is 7.16. The zero-order chi connectivity index (χ0) is 20.1. The van der Waals surface area contributed by atoms with E-state index in [9.17, 15) is 4.79 Å². The van der Waals surface area contributed by atoms with Crippen molar-refractivity contribution < 1.29 is 9.53 Å². The lowest BCUT2D eigenvalue weighted by atomic mass is 10.0. The molecule has 3 aromatic rings. The number of rotatable bonds is 6. The number of ether oxygens (including phenoxy) is 1. The number of hydrogen-bond acceptors (Lipinski definition) is 5. The molecule has 0 spiro atoms. The molecule has 1 amide bonds. The van der Waals surface area contributed by atoms with Crippen molar-refractivity contribution in [2.45, 2.75) is 39.0 Å². The minimum atomic E-state index is -0.102. The second kappa shape index (κ2) is 9.37. The highest BCUT2D eigenvalue weighted by Crippen LogP contribution is 2.40. The average Bonchev–Trinajstić information content (AvgIpc) is 3.30. The maximum atomic E-state index is 13.4. The van der Waals surface area contributed by atoms with Crippen molar-refractivity contribution in [3.63, 3.8) is 0 Å². The molecule has 2 aromatic heterocycles. The van der Waals surface area contributed by atoms with E-state index in [-0.39, 0.29) is 5.91 Å². The van der Waals surface area contributed by atoms with Crippen molar-refractivity contribution in [3.05, 3.63) is 62.7 Å². The Bertz CT molecular complexity index is 1010. The molecule has 0 fully saturated rings. The van der Waals surface area contributed by atoms with E-state index in [2.05, 4.69) is 5.32 Å². The number of aliphatic imine (C=N–C) groups is 1. The van der Waals surface area contributed by atoms with Crippen LogP contribution in [0.15, 0.2) is 46.8 Å². The van der Waals surface area contributed by atoms with Crippen LogP contribution >= 0.6 is 22.7 Å². The van der Waals surface area contributed by atoms with Crippen LogP contribution in [0.3, 0.4) is 0 Å². The fourth-order valence-electron chi connectivity index (χ4n) is 3.58. The van der Waals surface area contributed by atoms with E-state index in [0.717, 1.165) is 34.7 Å². The molecular formula is C23H24N2O2S2. The maximum absolute atomic E-state index is 13.4. The summed E-state index contributed by atoms with van der Waals surface area (Å²) >= 11 is 3.31. The molecule has 4 rings (SSSR count). The zero-order valence-corrected chi connectivity index (χ0v) is 18.1. The molecule has 0 aliphatic heterocycles. The van der Waals surface area contributed by atoms with E-state index < -0.39 is 0 Å². The minimum Gasteiger partial charge on any atom is -0.492 e. The first-order valence-corrected chi connectivity index (χ1v) is 11.7. The van der Waals surface area contributed by atoms with Gasteiger partial charge in [0, 0.05) is 16.0 Å². The standard InChI is InChI=1S/C23H24N2O2S2/c1-2-27-19-12-7-6-11-18(19)25-22(26)21-17-10-4-3-5-13-20(17)29-23(21)24-15-16-9-8-14-28-16/h6-9,11-12,14-15H,2-5,10,13H2,1H3,(H,25,26). The van der Waals surface area contributed by atoms with Gasteiger partial charge in [0.1, 0.15) is 10.8 Å². The van der Waals surface area contributed by atoms with Crippen molar-refractivity contribution in [1.29, 1.82) is 0 Å². The highest BCUT2D eigenvalue weighted by atomic mass is 32.1. The van der Waals surface area contributed by atoms with Crippen LogP contribution in [0.1, 0.15) is 51.9 Å². The van der Waals surface area contributed by atoms with Gasteiger partial charge in [0.25, 0.3) is 5.91 Å². The SMILES string of the molecule is CCOc1ccccc1NC(=O)c1c(N=Cc2cccs2)sc2c1CCCCC2.